The minimum atomic E-state index is -0.0650. The van der Waals surface area contributed by atoms with Gasteiger partial charge in [-0.3, -0.25) is 9.69 Å². The summed E-state index contributed by atoms with van der Waals surface area (Å²) in [4.78, 5) is 20.1. The van der Waals surface area contributed by atoms with Crippen LogP contribution in [0.2, 0.25) is 0 Å². The van der Waals surface area contributed by atoms with Crippen LogP contribution in [0.4, 0.5) is 5.13 Å². The Bertz CT molecular complexity index is 1150. The molecule has 0 N–H and O–H groups in total. The molecule has 0 bridgehead atoms. The molecule has 28 heavy (non-hydrogen) atoms. The van der Waals surface area contributed by atoms with Crippen molar-refractivity contribution in [3.8, 4) is 0 Å². The highest BCUT2D eigenvalue weighted by Gasteiger charge is 2.23. The molecule has 1 aromatic heterocycles. The molecule has 1 heterocycles. The number of thiazole rings is 1. The smallest absolute Gasteiger partial charge is 0.261 e. The molecule has 140 valence electrons. The first kappa shape index (κ1) is 18.8. The van der Waals surface area contributed by atoms with Crippen molar-refractivity contribution in [3.05, 3.63) is 93.5 Å². The summed E-state index contributed by atoms with van der Waals surface area (Å²) in [5.41, 5.74) is 5.03. The molecule has 4 aromatic rings. The van der Waals surface area contributed by atoms with Crippen LogP contribution in [0.3, 0.4) is 0 Å². The third kappa shape index (κ3) is 3.60. The van der Waals surface area contributed by atoms with Gasteiger partial charge < -0.3 is 0 Å². The van der Waals surface area contributed by atoms with E-state index in [4.69, 9.17) is 4.98 Å². The number of aromatic nitrogens is 1. The lowest BCUT2D eigenvalue weighted by Crippen LogP contribution is -2.30. The molecule has 1 amide bonds. The third-order valence-corrected chi connectivity index (χ3v) is 6.57. The molecule has 0 aliphatic heterocycles. The third-order valence-electron chi connectivity index (χ3n) is 4.84. The van der Waals surface area contributed by atoms with Gasteiger partial charge in [0.15, 0.2) is 5.13 Å². The number of benzene rings is 3. The predicted octanol–water partition coefficient (Wildman–Crippen LogP) is 6.52. The predicted molar refractivity (Wildman–Crippen MR) is 120 cm³/mol. The Morgan fingerprint density at radius 2 is 1.71 bits per heavy atom. The van der Waals surface area contributed by atoms with Gasteiger partial charge in [-0.25, -0.2) is 4.98 Å². The van der Waals surface area contributed by atoms with E-state index in [1.54, 1.807) is 16.2 Å². The van der Waals surface area contributed by atoms with Crippen LogP contribution >= 0.6 is 27.3 Å². The molecule has 0 spiro atoms. The van der Waals surface area contributed by atoms with Crippen LogP contribution in [0.15, 0.2) is 71.2 Å². The minimum Gasteiger partial charge on any atom is -0.279 e. The van der Waals surface area contributed by atoms with Crippen molar-refractivity contribution >= 4 is 48.5 Å². The largest absolute Gasteiger partial charge is 0.279 e. The van der Waals surface area contributed by atoms with Crippen molar-refractivity contribution in [2.45, 2.75) is 20.4 Å². The number of nitrogens with zero attached hydrogens (tertiary/aromatic N) is 2. The lowest BCUT2D eigenvalue weighted by atomic mass is 10.1. The maximum Gasteiger partial charge on any atom is 0.261 e. The van der Waals surface area contributed by atoms with Gasteiger partial charge in [-0.15, -0.1) is 0 Å². The number of anilines is 1. The van der Waals surface area contributed by atoms with Crippen LogP contribution in [0.25, 0.3) is 10.2 Å². The van der Waals surface area contributed by atoms with E-state index in [1.165, 1.54) is 5.56 Å². The fourth-order valence-electron chi connectivity index (χ4n) is 3.10. The molecule has 0 saturated carbocycles. The van der Waals surface area contributed by atoms with E-state index in [-0.39, 0.29) is 5.91 Å². The summed E-state index contributed by atoms with van der Waals surface area (Å²) in [5, 5.41) is 0.716. The van der Waals surface area contributed by atoms with Gasteiger partial charge in [0.2, 0.25) is 0 Å². The van der Waals surface area contributed by atoms with Gasteiger partial charge in [0.25, 0.3) is 5.91 Å². The van der Waals surface area contributed by atoms with E-state index in [0.717, 1.165) is 25.8 Å². The number of rotatable bonds is 4. The second-order valence-corrected chi connectivity index (χ2v) is 8.57. The zero-order valence-corrected chi connectivity index (χ0v) is 18.0. The maximum absolute atomic E-state index is 13.5. The second-order valence-electron chi connectivity index (χ2n) is 6.71. The maximum atomic E-state index is 13.5. The molecule has 0 saturated heterocycles. The van der Waals surface area contributed by atoms with E-state index in [1.807, 2.05) is 54.6 Å². The van der Waals surface area contributed by atoms with Gasteiger partial charge in [-0.2, -0.15) is 0 Å². The topological polar surface area (TPSA) is 33.2 Å². The van der Waals surface area contributed by atoms with Crippen LogP contribution in [0.5, 0.6) is 0 Å². The van der Waals surface area contributed by atoms with Crippen LogP contribution in [0.1, 0.15) is 27.0 Å². The van der Waals surface area contributed by atoms with Crippen molar-refractivity contribution in [1.29, 1.82) is 0 Å². The van der Waals surface area contributed by atoms with E-state index in [2.05, 4.69) is 41.9 Å². The Hall–Kier alpha value is -2.50. The van der Waals surface area contributed by atoms with Gasteiger partial charge >= 0.3 is 0 Å². The van der Waals surface area contributed by atoms with Gasteiger partial charge in [-0.05, 0) is 64.7 Å². The molecule has 0 radical (unpaired) electrons. The standard InChI is InChI=1S/C23H19BrN2OS/c1-15-12-13-20-21(16(15)2)25-23(28-20)26(14-17-8-4-3-5-9-17)22(27)18-10-6-7-11-19(18)24/h3-13H,14H2,1-2H3. The van der Waals surface area contributed by atoms with Gasteiger partial charge in [0.1, 0.15) is 0 Å². The van der Waals surface area contributed by atoms with Crippen LogP contribution in [-0.2, 0) is 6.54 Å². The molecule has 0 aliphatic carbocycles. The Labute approximate surface area is 176 Å². The second kappa shape index (κ2) is 7.86. The van der Waals surface area contributed by atoms with Gasteiger partial charge in [0, 0.05) is 4.47 Å². The molecule has 0 atom stereocenters. The number of carbonyl (C=O) groups excluding carboxylic acids is 1. The lowest BCUT2D eigenvalue weighted by molar-refractivity contribution is 0.0984. The normalized spacial score (nSPS) is 11.0. The van der Waals surface area contributed by atoms with Crippen molar-refractivity contribution < 1.29 is 4.79 Å². The first-order valence-corrected chi connectivity index (χ1v) is 10.6. The molecular weight excluding hydrogens is 432 g/mol. The van der Waals surface area contributed by atoms with Crippen LogP contribution < -0.4 is 4.90 Å². The molecule has 3 nitrogen and oxygen atoms in total. The monoisotopic (exact) mass is 450 g/mol. The SMILES string of the molecule is Cc1ccc2sc(N(Cc3ccccc3)C(=O)c3ccccc3Br)nc2c1C. The van der Waals surface area contributed by atoms with Crippen molar-refractivity contribution in [2.24, 2.45) is 0 Å². The number of carbonyl (C=O) groups is 1. The Kier molecular flexibility index (Phi) is 5.29. The Balaban J connectivity index is 1.82. The van der Waals surface area contributed by atoms with E-state index >= 15 is 0 Å². The molecular formula is C23H19BrN2OS. The zero-order valence-electron chi connectivity index (χ0n) is 15.6. The summed E-state index contributed by atoms with van der Waals surface area (Å²) in [6.07, 6.45) is 0. The molecule has 0 unspecified atom stereocenters. The summed E-state index contributed by atoms with van der Waals surface area (Å²) >= 11 is 5.07. The summed E-state index contributed by atoms with van der Waals surface area (Å²) < 4.78 is 1.88. The Morgan fingerprint density at radius 3 is 2.46 bits per heavy atom. The number of aryl methyl sites for hydroxylation is 2. The molecule has 5 heteroatoms. The van der Waals surface area contributed by atoms with Crippen molar-refractivity contribution in [2.75, 3.05) is 4.90 Å². The van der Waals surface area contributed by atoms with E-state index in [0.29, 0.717) is 17.2 Å². The zero-order chi connectivity index (χ0) is 19.7. The quantitative estimate of drug-likeness (QED) is 0.354. The average molecular weight is 451 g/mol. The summed E-state index contributed by atoms with van der Waals surface area (Å²) in [7, 11) is 0. The first-order chi connectivity index (χ1) is 13.5. The molecule has 3 aromatic carbocycles. The fourth-order valence-corrected chi connectivity index (χ4v) is 4.58. The average Bonchev–Trinajstić information content (AvgIpc) is 3.14. The van der Waals surface area contributed by atoms with E-state index in [9.17, 15) is 4.79 Å². The first-order valence-electron chi connectivity index (χ1n) is 9.01. The fraction of sp³-hybridized carbons (Fsp3) is 0.130. The highest BCUT2D eigenvalue weighted by Crippen LogP contribution is 2.34. The number of amides is 1. The van der Waals surface area contributed by atoms with Crippen LogP contribution in [-0.4, -0.2) is 10.9 Å². The van der Waals surface area contributed by atoms with Crippen LogP contribution in [0, 0.1) is 13.8 Å². The van der Waals surface area contributed by atoms with Crippen molar-refractivity contribution in [3.63, 3.8) is 0 Å². The highest BCUT2D eigenvalue weighted by atomic mass is 79.9. The minimum absolute atomic E-state index is 0.0650. The molecule has 0 fully saturated rings. The Morgan fingerprint density at radius 1 is 1.00 bits per heavy atom. The number of fused-ring (bicyclic) bond motifs is 1. The highest BCUT2D eigenvalue weighted by molar-refractivity contribution is 9.10. The van der Waals surface area contributed by atoms with Gasteiger partial charge in [-0.1, -0.05) is 59.9 Å². The van der Waals surface area contributed by atoms with E-state index < -0.39 is 0 Å². The number of hydrogen-bond acceptors (Lipinski definition) is 3. The van der Waals surface area contributed by atoms with Crippen molar-refractivity contribution in [1.82, 2.24) is 4.98 Å². The van der Waals surface area contributed by atoms with Gasteiger partial charge in [0.05, 0.1) is 22.3 Å². The lowest BCUT2D eigenvalue weighted by Gasteiger charge is -2.20. The summed E-state index contributed by atoms with van der Waals surface area (Å²) in [5.74, 6) is -0.0650. The summed E-state index contributed by atoms with van der Waals surface area (Å²) in [6.45, 7) is 4.64. The molecule has 4 rings (SSSR count). The summed E-state index contributed by atoms with van der Waals surface area (Å²) in [6, 6.07) is 21.7. The number of halogens is 1. The molecule has 0 aliphatic rings. The number of hydrogen-bond donors (Lipinski definition) is 0.